The van der Waals surface area contributed by atoms with Crippen LogP contribution in [0.25, 0.3) is 17.2 Å². The zero-order chi connectivity index (χ0) is 20.8. The van der Waals surface area contributed by atoms with Crippen LogP contribution in [-0.4, -0.2) is 35.2 Å². The maximum atomic E-state index is 11.0. The highest BCUT2D eigenvalue weighted by atomic mass is 16.3. The predicted molar refractivity (Wildman–Crippen MR) is 119 cm³/mol. The zero-order valence-electron chi connectivity index (χ0n) is 17.1. The van der Waals surface area contributed by atoms with Gasteiger partial charge in [0.05, 0.1) is 17.3 Å². The molecule has 1 heterocycles. The van der Waals surface area contributed by atoms with Crippen molar-refractivity contribution in [2.45, 2.75) is 39.3 Å². The molecule has 0 bridgehead atoms. The number of aliphatic hydroxyl groups excluding tert-OH is 1. The maximum absolute atomic E-state index is 11.0. The average Bonchev–Trinajstić information content (AvgIpc) is 2.90. The molecule has 1 atom stereocenters. The van der Waals surface area contributed by atoms with Crippen molar-refractivity contribution in [2.75, 3.05) is 13.1 Å². The number of benzene rings is 2. The highest BCUT2D eigenvalue weighted by Crippen LogP contribution is 2.33. The van der Waals surface area contributed by atoms with Crippen LogP contribution in [0.1, 0.15) is 44.2 Å². The van der Waals surface area contributed by atoms with Gasteiger partial charge in [-0.1, -0.05) is 38.1 Å². The van der Waals surface area contributed by atoms with Gasteiger partial charge < -0.3 is 10.8 Å². The van der Waals surface area contributed by atoms with Crippen molar-refractivity contribution in [3.63, 3.8) is 0 Å². The third kappa shape index (κ3) is 4.92. The standard InChI is InChI=1S/C24H28N4O/c1-3-10-28(11-4-2)24(29)21-13-20-9-8-19(14-22(20)27-23(26)15-21)18-7-5-6-17(12-18)16-25/h5-9,12-14,24,29H,3-4,10-11,15H2,1-2H3,(H2,26,27). The quantitative estimate of drug-likeness (QED) is 0.687. The average molecular weight is 389 g/mol. The first-order valence-electron chi connectivity index (χ1n) is 10.2. The molecule has 0 amide bonds. The van der Waals surface area contributed by atoms with Gasteiger partial charge in [0.15, 0.2) is 0 Å². The molecule has 3 rings (SSSR count). The number of nitriles is 1. The number of rotatable bonds is 7. The summed E-state index contributed by atoms with van der Waals surface area (Å²) in [5, 5.41) is 20.1. The van der Waals surface area contributed by atoms with E-state index in [9.17, 15) is 5.11 Å². The molecule has 0 radical (unpaired) electrons. The second kappa shape index (κ2) is 9.51. The van der Waals surface area contributed by atoms with E-state index in [0.29, 0.717) is 17.8 Å². The third-order valence-corrected chi connectivity index (χ3v) is 5.04. The number of aliphatic imine (C=N–C) groups is 1. The number of nitrogens with two attached hydrogens (primary N) is 1. The van der Waals surface area contributed by atoms with Crippen LogP contribution in [0, 0.1) is 11.3 Å². The molecule has 29 heavy (non-hydrogen) atoms. The Balaban J connectivity index is 1.97. The number of aliphatic hydroxyl groups is 1. The van der Waals surface area contributed by atoms with Gasteiger partial charge in [0.1, 0.15) is 12.1 Å². The van der Waals surface area contributed by atoms with E-state index in [-0.39, 0.29) is 0 Å². The number of hydrogen-bond acceptors (Lipinski definition) is 5. The lowest BCUT2D eigenvalue weighted by Gasteiger charge is -2.28. The lowest BCUT2D eigenvalue weighted by Crippen LogP contribution is -2.38. The molecule has 150 valence electrons. The monoisotopic (exact) mass is 388 g/mol. The van der Waals surface area contributed by atoms with Crippen LogP contribution >= 0.6 is 0 Å². The molecule has 1 unspecified atom stereocenters. The zero-order valence-corrected chi connectivity index (χ0v) is 17.1. The highest BCUT2D eigenvalue weighted by molar-refractivity contribution is 5.91. The van der Waals surface area contributed by atoms with Gasteiger partial charge in [0.25, 0.3) is 0 Å². The van der Waals surface area contributed by atoms with Crippen molar-refractivity contribution in [2.24, 2.45) is 10.7 Å². The summed E-state index contributed by atoms with van der Waals surface area (Å²) in [5.74, 6) is 0.491. The summed E-state index contributed by atoms with van der Waals surface area (Å²) in [6, 6.07) is 15.7. The first-order valence-corrected chi connectivity index (χ1v) is 10.2. The summed E-state index contributed by atoms with van der Waals surface area (Å²) >= 11 is 0. The second-order valence-electron chi connectivity index (χ2n) is 7.38. The number of fused-ring (bicyclic) bond motifs is 1. The fraction of sp³-hybridized carbons (Fsp3) is 0.333. The largest absolute Gasteiger partial charge is 0.387 e. The smallest absolute Gasteiger partial charge is 0.130 e. The Bertz CT molecular complexity index is 965. The van der Waals surface area contributed by atoms with Crippen LogP contribution in [0.4, 0.5) is 5.69 Å². The summed E-state index contributed by atoms with van der Waals surface area (Å²) in [5.41, 5.74) is 11.3. The first-order chi connectivity index (χ1) is 14.0. The van der Waals surface area contributed by atoms with Gasteiger partial charge >= 0.3 is 0 Å². The van der Waals surface area contributed by atoms with E-state index >= 15 is 0 Å². The van der Waals surface area contributed by atoms with E-state index in [0.717, 1.165) is 53.9 Å². The van der Waals surface area contributed by atoms with Crippen LogP contribution in [-0.2, 0) is 0 Å². The fourth-order valence-corrected chi connectivity index (χ4v) is 3.70. The van der Waals surface area contributed by atoms with Crippen molar-refractivity contribution in [1.29, 1.82) is 5.26 Å². The summed E-state index contributed by atoms with van der Waals surface area (Å²) in [6.07, 6.45) is 3.75. The van der Waals surface area contributed by atoms with Crippen molar-refractivity contribution in [1.82, 2.24) is 4.90 Å². The molecule has 0 fully saturated rings. The van der Waals surface area contributed by atoms with Gasteiger partial charge in [-0.15, -0.1) is 0 Å². The lowest BCUT2D eigenvalue weighted by molar-refractivity contribution is 0.0323. The summed E-state index contributed by atoms with van der Waals surface area (Å²) in [7, 11) is 0. The molecule has 0 saturated carbocycles. The van der Waals surface area contributed by atoms with E-state index in [4.69, 9.17) is 11.0 Å². The van der Waals surface area contributed by atoms with Crippen LogP contribution in [0.2, 0.25) is 0 Å². The minimum Gasteiger partial charge on any atom is -0.387 e. The van der Waals surface area contributed by atoms with Gasteiger partial charge in [-0.2, -0.15) is 5.26 Å². The minimum absolute atomic E-state index is 0.443. The topological polar surface area (TPSA) is 85.6 Å². The van der Waals surface area contributed by atoms with Gasteiger partial charge in [-0.3, -0.25) is 4.90 Å². The number of amidine groups is 1. The molecular formula is C24H28N4O. The summed E-state index contributed by atoms with van der Waals surface area (Å²) in [4.78, 5) is 6.69. The summed E-state index contributed by atoms with van der Waals surface area (Å²) in [6.45, 7) is 5.91. The van der Waals surface area contributed by atoms with Crippen molar-refractivity contribution in [3.8, 4) is 17.2 Å². The van der Waals surface area contributed by atoms with Crippen molar-refractivity contribution < 1.29 is 5.11 Å². The van der Waals surface area contributed by atoms with E-state index in [1.54, 1.807) is 6.07 Å². The third-order valence-electron chi connectivity index (χ3n) is 5.04. The SMILES string of the molecule is CCCN(CCC)C(O)C1=Cc2ccc(-c3cccc(C#N)c3)cc2N=C(N)C1. The van der Waals surface area contributed by atoms with Gasteiger partial charge in [-0.05, 0) is 53.8 Å². The normalized spacial score (nSPS) is 14.4. The number of nitrogens with zero attached hydrogens (tertiary/aromatic N) is 3. The van der Waals surface area contributed by atoms with E-state index in [1.165, 1.54) is 0 Å². The van der Waals surface area contributed by atoms with Crippen LogP contribution in [0.3, 0.4) is 0 Å². The van der Waals surface area contributed by atoms with Crippen LogP contribution < -0.4 is 5.73 Å². The molecule has 1 aliphatic rings. The molecule has 0 aliphatic carbocycles. The van der Waals surface area contributed by atoms with Crippen molar-refractivity contribution >= 4 is 17.6 Å². The first kappa shape index (κ1) is 20.8. The Morgan fingerprint density at radius 3 is 2.55 bits per heavy atom. The molecule has 0 saturated heterocycles. The molecule has 3 N–H and O–H groups in total. The van der Waals surface area contributed by atoms with Gasteiger partial charge in [0, 0.05) is 25.1 Å². The van der Waals surface area contributed by atoms with Gasteiger partial charge in [-0.25, -0.2) is 4.99 Å². The fourth-order valence-electron chi connectivity index (χ4n) is 3.70. The number of hydrogen-bond donors (Lipinski definition) is 2. The molecule has 5 heteroatoms. The van der Waals surface area contributed by atoms with Crippen molar-refractivity contribution in [3.05, 3.63) is 59.2 Å². The molecular weight excluding hydrogens is 360 g/mol. The Kier molecular flexibility index (Phi) is 6.82. The maximum Gasteiger partial charge on any atom is 0.130 e. The van der Waals surface area contributed by atoms with E-state index in [2.05, 4.69) is 29.8 Å². The van der Waals surface area contributed by atoms with Gasteiger partial charge in [0.2, 0.25) is 0 Å². The molecule has 1 aliphatic heterocycles. The lowest BCUT2D eigenvalue weighted by atomic mass is 9.99. The molecule has 5 nitrogen and oxygen atoms in total. The van der Waals surface area contributed by atoms with E-state index in [1.807, 2.05) is 42.5 Å². The molecule has 0 aromatic heterocycles. The molecule has 0 spiro atoms. The minimum atomic E-state index is -0.665. The van der Waals surface area contributed by atoms with Crippen LogP contribution in [0.15, 0.2) is 53.0 Å². The van der Waals surface area contributed by atoms with E-state index < -0.39 is 6.23 Å². The predicted octanol–water partition coefficient (Wildman–Crippen LogP) is 4.44. The Labute approximate surface area is 172 Å². The molecule has 2 aromatic carbocycles. The Hall–Kier alpha value is -2.94. The molecule has 2 aromatic rings. The highest BCUT2D eigenvalue weighted by Gasteiger charge is 2.22. The van der Waals surface area contributed by atoms with Crippen LogP contribution in [0.5, 0.6) is 0 Å². The summed E-state index contributed by atoms with van der Waals surface area (Å²) < 4.78 is 0. The Morgan fingerprint density at radius 1 is 1.14 bits per heavy atom. The Morgan fingerprint density at radius 2 is 1.86 bits per heavy atom. The second-order valence-corrected chi connectivity index (χ2v) is 7.38.